The summed E-state index contributed by atoms with van der Waals surface area (Å²) in [6.07, 6.45) is 3.88. The Balaban J connectivity index is 1.65. The Morgan fingerprint density at radius 2 is 1.88 bits per heavy atom. The van der Waals surface area contributed by atoms with E-state index in [1.165, 1.54) is 0 Å². The van der Waals surface area contributed by atoms with Crippen molar-refractivity contribution >= 4 is 28.8 Å². The van der Waals surface area contributed by atoms with Gasteiger partial charge in [-0.2, -0.15) is 0 Å². The number of hydrogen-bond donors (Lipinski definition) is 2. The van der Waals surface area contributed by atoms with Crippen LogP contribution in [-0.2, 0) is 27.2 Å². The second-order valence-electron chi connectivity index (χ2n) is 8.34. The molecule has 172 valence electrons. The van der Waals surface area contributed by atoms with Crippen molar-refractivity contribution in [2.75, 3.05) is 13.2 Å². The molecule has 0 saturated carbocycles. The molecule has 2 aromatic rings. The highest BCUT2D eigenvalue weighted by molar-refractivity contribution is 5.89. The first-order valence-corrected chi connectivity index (χ1v) is 10.7. The van der Waals surface area contributed by atoms with Crippen molar-refractivity contribution in [2.45, 2.75) is 52.0 Å². The molecule has 1 atom stereocenters. The lowest BCUT2D eigenvalue weighted by atomic mass is 9.91. The van der Waals surface area contributed by atoms with E-state index in [1.807, 2.05) is 19.9 Å². The van der Waals surface area contributed by atoms with Gasteiger partial charge in [-0.05, 0) is 55.7 Å². The van der Waals surface area contributed by atoms with Crippen molar-refractivity contribution < 1.29 is 28.6 Å². The maximum atomic E-state index is 12.3. The van der Waals surface area contributed by atoms with Crippen LogP contribution in [0.25, 0.3) is 11.0 Å². The van der Waals surface area contributed by atoms with Crippen molar-refractivity contribution in [2.24, 2.45) is 5.92 Å². The highest BCUT2D eigenvalue weighted by Crippen LogP contribution is 2.29. The highest BCUT2D eigenvalue weighted by Gasteiger charge is 2.22. The fourth-order valence-electron chi connectivity index (χ4n) is 3.89. The van der Waals surface area contributed by atoms with E-state index in [1.54, 1.807) is 12.1 Å². The molecule has 1 aromatic heterocycles. The summed E-state index contributed by atoms with van der Waals surface area (Å²) >= 11 is 0. The van der Waals surface area contributed by atoms with Gasteiger partial charge in [0, 0.05) is 17.0 Å². The molecule has 1 aromatic carbocycles. The van der Waals surface area contributed by atoms with Gasteiger partial charge in [-0.25, -0.2) is 4.79 Å². The number of nitrogens with one attached hydrogen (secondary N) is 2. The SMILES string of the molecule is CC(C)C[C@@H](NC(=O)COc1ccc2c3c(c(=O)oc2c1)CCCC3)C(=O)NCC(=O)[O-]. The van der Waals surface area contributed by atoms with Crippen molar-refractivity contribution in [3.8, 4) is 5.75 Å². The van der Waals surface area contributed by atoms with Gasteiger partial charge in [0.05, 0.1) is 12.5 Å². The molecule has 0 radical (unpaired) electrons. The molecule has 2 amide bonds. The summed E-state index contributed by atoms with van der Waals surface area (Å²) in [5.41, 5.74) is 1.84. The Kier molecular flexibility index (Phi) is 7.50. The normalized spacial score (nSPS) is 14.0. The average molecular weight is 443 g/mol. The van der Waals surface area contributed by atoms with Gasteiger partial charge in [0.15, 0.2) is 6.61 Å². The Labute approximate surface area is 185 Å². The van der Waals surface area contributed by atoms with Crippen molar-refractivity contribution in [1.82, 2.24) is 10.6 Å². The van der Waals surface area contributed by atoms with Crippen LogP contribution in [0.5, 0.6) is 5.75 Å². The number of aliphatic carboxylic acids is 1. The second-order valence-corrected chi connectivity index (χ2v) is 8.34. The number of carboxylic acids is 1. The molecule has 0 unspecified atom stereocenters. The first-order valence-electron chi connectivity index (χ1n) is 10.7. The first kappa shape index (κ1) is 23.3. The minimum absolute atomic E-state index is 0.0873. The lowest BCUT2D eigenvalue weighted by Gasteiger charge is -2.20. The number of fused-ring (bicyclic) bond motifs is 3. The van der Waals surface area contributed by atoms with E-state index in [-0.39, 0.29) is 18.2 Å². The standard InChI is InChI=1S/C23H28N2O7/c1-13(2)9-18(22(29)24-11-21(27)28)25-20(26)12-31-14-7-8-16-15-5-3-4-6-17(15)23(30)32-19(16)10-14/h7-8,10,13,18H,3-6,9,11-12H2,1-2H3,(H,24,29)(H,25,26)(H,27,28)/p-1/t18-/m1/s1. The predicted molar refractivity (Wildman–Crippen MR) is 114 cm³/mol. The third kappa shape index (κ3) is 5.87. The zero-order chi connectivity index (χ0) is 23.3. The Hall–Kier alpha value is -3.36. The zero-order valence-electron chi connectivity index (χ0n) is 18.2. The minimum atomic E-state index is -1.42. The Morgan fingerprint density at radius 1 is 1.16 bits per heavy atom. The summed E-state index contributed by atoms with van der Waals surface area (Å²) in [6, 6.07) is 4.22. The number of rotatable bonds is 9. The van der Waals surface area contributed by atoms with E-state index in [0.717, 1.165) is 42.2 Å². The van der Waals surface area contributed by atoms with E-state index in [0.29, 0.717) is 17.8 Å². The molecule has 9 nitrogen and oxygen atoms in total. The average Bonchev–Trinajstić information content (AvgIpc) is 2.75. The maximum Gasteiger partial charge on any atom is 0.339 e. The third-order valence-electron chi connectivity index (χ3n) is 5.33. The van der Waals surface area contributed by atoms with Crippen molar-refractivity contribution in [3.63, 3.8) is 0 Å². The lowest BCUT2D eigenvalue weighted by Crippen LogP contribution is -2.50. The van der Waals surface area contributed by atoms with Gasteiger partial charge in [-0.3, -0.25) is 9.59 Å². The predicted octanol–water partition coefficient (Wildman–Crippen LogP) is 0.448. The third-order valence-corrected chi connectivity index (χ3v) is 5.33. The summed E-state index contributed by atoms with van der Waals surface area (Å²) in [6.45, 7) is 2.77. The second kappa shape index (κ2) is 10.3. The molecule has 1 heterocycles. The summed E-state index contributed by atoms with van der Waals surface area (Å²) in [5.74, 6) is -2.11. The van der Waals surface area contributed by atoms with E-state index >= 15 is 0 Å². The van der Waals surface area contributed by atoms with Crippen molar-refractivity contribution in [3.05, 3.63) is 39.7 Å². The largest absolute Gasteiger partial charge is 0.548 e. The summed E-state index contributed by atoms with van der Waals surface area (Å²) in [4.78, 5) is 47.4. The smallest absolute Gasteiger partial charge is 0.339 e. The zero-order valence-corrected chi connectivity index (χ0v) is 18.2. The van der Waals surface area contributed by atoms with Gasteiger partial charge in [0.25, 0.3) is 5.91 Å². The van der Waals surface area contributed by atoms with Gasteiger partial charge >= 0.3 is 5.63 Å². The van der Waals surface area contributed by atoms with E-state index < -0.39 is 30.4 Å². The quantitative estimate of drug-likeness (QED) is 0.537. The van der Waals surface area contributed by atoms with Gasteiger partial charge in [0.2, 0.25) is 5.91 Å². The molecule has 32 heavy (non-hydrogen) atoms. The van der Waals surface area contributed by atoms with Crippen LogP contribution in [0.2, 0.25) is 0 Å². The van der Waals surface area contributed by atoms with Crippen LogP contribution in [0.3, 0.4) is 0 Å². The van der Waals surface area contributed by atoms with Gasteiger partial charge in [0.1, 0.15) is 17.4 Å². The molecule has 2 N–H and O–H groups in total. The molecular weight excluding hydrogens is 416 g/mol. The van der Waals surface area contributed by atoms with E-state index in [9.17, 15) is 24.3 Å². The number of benzene rings is 1. The van der Waals surface area contributed by atoms with Crippen LogP contribution in [-0.4, -0.2) is 37.0 Å². The van der Waals surface area contributed by atoms with E-state index in [4.69, 9.17) is 9.15 Å². The van der Waals surface area contributed by atoms with Crippen LogP contribution < -0.4 is 26.1 Å². The number of carbonyl (C=O) groups is 3. The molecule has 0 spiro atoms. The van der Waals surface area contributed by atoms with Gasteiger partial charge < -0.3 is 29.7 Å². The van der Waals surface area contributed by atoms with Crippen LogP contribution in [0.4, 0.5) is 0 Å². The fourth-order valence-corrected chi connectivity index (χ4v) is 3.89. The number of ether oxygens (including phenoxy) is 1. The number of carbonyl (C=O) groups excluding carboxylic acids is 3. The monoisotopic (exact) mass is 443 g/mol. The molecule has 1 aliphatic carbocycles. The maximum absolute atomic E-state index is 12.3. The Morgan fingerprint density at radius 3 is 2.56 bits per heavy atom. The van der Waals surface area contributed by atoms with Crippen LogP contribution in [0.1, 0.15) is 44.2 Å². The van der Waals surface area contributed by atoms with Crippen molar-refractivity contribution in [1.29, 1.82) is 0 Å². The number of carboxylic acid groups (broad SMARTS) is 1. The van der Waals surface area contributed by atoms with Crippen LogP contribution in [0, 0.1) is 5.92 Å². The molecule has 9 heteroatoms. The number of amides is 2. The van der Waals surface area contributed by atoms with Gasteiger partial charge in [-0.1, -0.05) is 13.8 Å². The highest BCUT2D eigenvalue weighted by atomic mass is 16.5. The summed E-state index contributed by atoms with van der Waals surface area (Å²) in [5, 5.41) is 16.2. The molecule has 0 bridgehead atoms. The Bertz CT molecular complexity index is 1070. The number of aryl methyl sites for hydroxylation is 1. The van der Waals surface area contributed by atoms with Gasteiger partial charge in [-0.15, -0.1) is 0 Å². The van der Waals surface area contributed by atoms with E-state index in [2.05, 4.69) is 10.6 Å². The van der Waals surface area contributed by atoms with Crippen LogP contribution >= 0.6 is 0 Å². The first-order chi connectivity index (χ1) is 15.2. The lowest BCUT2D eigenvalue weighted by molar-refractivity contribution is -0.304. The molecule has 1 aliphatic rings. The molecule has 0 saturated heterocycles. The fraction of sp³-hybridized carbons (Fsp3) is 0.478. The summed E-state index contributed by atoms with van der Waals surface area (Å²) < 4.78 is 11.0. The molecule has 0 fully saturated rings. The number of hydrogen-bond acceptors (Lipinski definition) is 7. The summed E-state index contributed by atoms with van der Waals surface area (Å²) in [7, 11) is 0. The molecule has 3 rings (SSSR count). The minimum Gasteiger partial charge on any atom is -0.548 e. The topological polar surface area (TPSA) is 138 Å². The molecular formula is C23H27N2O7-. The molecule has 0 aliphatic heterocycles. The van der Waals surface area contributed by atoms with Crippen LogP contribution in [0.15, 0.2) is 27.4 Å².